The Hall–Kier alpha value is 0.778. The molecule has 0 aliphatic heterocycles. The van der Waals surface area contributed by atoms with E-state index in [0.29, 0.717) is 19.5 Å². The molecule has 0 rings (SSSR count). The number of amides is 1. The molecule has 128 valence electrons. The maximum absolute atomic E-state index is 11.4. The van der Waals surface area contributed by atoms with E-state index in [9.17, 15) is 4.79 Å². The van der Waals surface area contributed by atoms with Gasteiger partial charge in [0.15, 0.2) is 0 Å². The monoisotopic (exact) mass is 507 g/mol. The van der Waals surface area contributed by atoms with Crippen LogP contribution in [0.4, 0.5) is 0 Å². The summed E-state index contributed by atoms with van der Waals surface area (Å²) in [6, 6.07) is 0. The third-order valence-electron chi connectivity index (χ3n) is 1.82. The van der Waals surface area contributed by atoms with Crippen LogP contribution in [0.2, 0.25) is 0 Å². The number of carbonyl (C=O) groups excluding carboxylic acids is 1. The van der Waals surface area contributed by atoms with Crippen LogP contribution in [0.5, 0.6) is 0 Å². The summed E-state index contributed by atoms with van der Waals surface area (Å²) >= 11 is 0. The molecule has 0 spiro atoms. The van der Waals surface area contributed by atoms with Crippen LogP contribution in [-0.2, 0) is 30.6 Å². The maximum atomic E-state index is 11.4. The number of hydrogen-bond acceptors (Lipinski definition) is 4. The zero-order valence-electron chi connectivity index (χ0n) is 13.6. The molecule has 0 aromatic rings. The Balaban J connectivity index is -0.000000740. The summed E-state index contributed by atoms with van der Waals surface area (Å²) in [5.41, 5.74) is 6.96. The van der Waals surface area contributed by atoms with E-state index in [4.69, 9.17) is 10.5 Å². The summed E-state index contributed by atoms with van der Waals surface area (Å²) in [7, 11) is 3.33. The molecule has 0 aromatic carbocycles. The normalized spacial score (nSPS) is 9.33. The molecule has 2 N–H and O–H groups in total. The van der Waals surface area contributed by atoms with Crippen LogP contribution in [0.15, 0.2) is 0 Å². The van der Waals surface area contributed by atoms with Gasteiger partial charge in [0.2, 0.25) is 5.91 Å². The van der Waals surface area contributed by atoms with Crippen LogP contribution < -0.4 is 5.32 Å². The molecule has 0 heterocycles. The molecule has 0 aromatic heterocycles. The van der Waals surface area contributed by atoms with Gasteiger partial charge in [-0.25, -0.2) is 0 Å². The van der Waals surface area contributed by atoms with Crippen molar-refractivity contribution in [1.29, 1.82) is 0 Å². The Labute approximate surface area is 153 Å². The van der Waals surface area contributed by atoms with E-state index in [1.54, 1.807) is 21.6 Å². The van der Waals surface area contributed by atoms with Crippen LogP contribution in [0.25, 0.3) is 5.73 Å². The Morgan fingerprint density at radius 3 is 2.33 bits per heavy atom. The molecular formula is C14H31N2O2S2W-. The van der Waals surface area contributed by atoms with E-state index < -0.39 is 0 Å². The average molecular weight is 507 g/mol. The number of rotatable bonds is 12. The van der Waals surface area contributed by atoms with Crippen LogP contribution in [0.1, 0.15) is 46.5 Å². The first-order valence-corrected chi connectivity index (χ1v) is 9.95. The second-order valence-corrected chi connectivity index (χ2v) is 6.87. The Morgan fingerprint density at radius 1 is 1.14 bits per heavy atom. The Bertz CT molecular complexity index is 202. The molecule has 0 bridgehead atoms. The van der Waals surface area contributed by atoms with Gasteiger partial charge >= 0.3 is 0 Å². The number of ether oxygens (including phenoxy) is 1. The molecule has 0 saturated carbocycles. The largest absolute Gasteiger partial charge is 0.677 e. The minimum atomic E-state index is 0. The van der Waals surface area contributed by atoms with Crippen molar-refractivity contribution in [3.8, 4) is 0 Å². The fourth-order valence-electron chi connectivity index (χ4n) is 1.03. The molecule has 0 fully saturated rings. The van der Waals surface area contributed by atoms with Gasteiger partial charge < -0.3 is 15.8 Å². The predicted octanol–water partition coefficient (Wildman–Crippen LogP) is 4.16. The number of hydrogen-bond donors (Lipinski definition) is 1. The van der Waals surface area contributed by atoms with Gasteiger partial charge in [-0.1, -0.05) is 48.8 Å². The minimum absolute atomic E-state index is 0. The van der Waals surface area contributed by atoms with Gasteiger partial charge in [-0.15, -0.1) is 6.54 Å². The Morgan fingerprint density at radius 2 is 1.76 bits per heavy atom. The van der Waals surface area contributed by atoms with Crippen molar-refractivity contribution in [2.24, 2.45) is 0 Å². The SMILES string of the molecule is CCC.CCCOCCCNC(=O)CCSSCC[NH-].[W]. The summed E-state index contributed by atoms with van der Waals surface area (Å²) in [4.78, 5) is 11.4. The predicted molar refractivity (Wildman–Crippen MR) is 93.4 cm³/mol. The standard InChI is InChI=1S/C11H23N2O2S2.C3H8.W/c1-2-7-15-8-3-6-13-11(14)4-9-16-17-10-5-12;1-3-2;/h12H,2-10H2,1H3,(H,13,14);3H2,1-2H3;/q-1;;. The molecule has 0 aliphatic rings. The van der Waals surface area contributed by atoms with Gasteiger partial charge in [-0.2, -0.15) is 0 Å². The second-order valence-electron chi connectivity index (χ2n) is 4.17. The summed E-state index contributed by atoms with van der Waals surface area (Å²) in [6.45, 7) is 9.01. The van der Waals surface area contributed by atoms with E-state index in [1.165, 1.54) is 6.42 Å². The Kier molecular flexibility index (Phi) is 32.7. The second kappa shape index (κ2) is 25.7. The molecule has 7 heteroatoms. The summed E-state index contributed by atoms with van der Waals surface area (Å²) in [5, 5.41) is 2.87. The maximum Gasteiger partial charge on any atom is 0.220 e. The fraction of sp³-hybridized carbons (Fsp3) is 0.929. The van der Waals surface area contributed by atoms with Crippen molar-refractivity contribution in [1.82, 2.24) is 5.32 Å². The molecule has 4 nitrogen and oxygen atoms in total. The topological polar surface area (TPSA) is 62.1 Å². The van der Waals surface area contributed by atoms with Gasteiger partial charge in [0.05, 0.1) is 0 Å². The zero-order valence-corrected chi connectivity index (χ0v) is 18.2. The van der Waals surface area contributed by atoms with Crippen molar-refractivity contribution in [2.45, 2.75) is 46.5 Å². The van der Waals surface area contributed by atoms with Gasteiger partial charge in [-0.3, -0.25) is 4.79 Å². The van der Waals surface area contributed by atoms with Gasteiger partial charge in [0.1, 0.15) is 0 Å². The molecule has 0 aliphatic carbocycles. The third kappa shape index (κ3) is 29.4. The van der Waals surface area contributed by atoms with Crippen molar-refractivity contribution in [3.05, 3.63) is 5.73 Å². The first-order chi connectivity index (χ1) is 9.72. The van der Waals surface area contributed by atoms with Crippen molar-refractivity contribution < 1.29 is 30.6 Å². The average Bonchev–Trinajstić information content (AvgIpc) is 2.43. The first kappa shape index (κ1) is 26.7. The van der Waals surface area contributed by atoms with E-state index >= 15 is 0 Å². The van der Waals surface area contributed by atoms with E-state index in [0.717, 1.165) is 37.6 Å². The third-order valence-corrected chi connectivity index (χ3v) is 4.23. The van der Waals surface area contributed by atoms with Crippen LogP contribution >= 0.6 is 21.6 Å². The van der Waals surface area contributed by atoms with Gasteiger partial charge in [0.25, 0.3) is 0 Å². The first-order valence-electron chi connectivity index (χ1n) is 7.46. The quantitative estimate of drug-likeness (QED) is 0.319. The number of nitrogens with one attached hydrogen (secondary N) is 2. The fourth-order valence-corrected chi connectivity index (χ4v) is 2.83. The minimum Gasteiger partial charge on any atom is -0.677 e. The number of carbonyl (C=O) groups is 1. The van der Waals surface area contributed by atoms with Crippen LogP contribution in [-0.4, -0.2) is 43.7 Å². The summed E-state index contributed by atoms with van der Waals surface area (Å²) < 4.78 is 5.31. The van der Waals surface area contributed by atoms with Gasteiger partial charge in [-0.05, 0) is 18.6 Å². The van der Waals surface area contributed by atoms with Crippen molar-refractivity contribution in [2.75, 3.05) is 37.8 Å². The smallest absolute Gasteiger partial charge is 0.220 e. The van der Waals surface area contributed by atoms with E-state index in [2.05, 4.69) is 26.1 Å². The zero-order chi connectivity index (χ0) is 15.5. The van der Waals surface area contributed by atoms with E-state index in [1.807, 2.05) is 0 Å². The molecular weight excluding hydrogens is 476 g/mol. The molecule has 21 heavy (non-hydrogen) atoms. The van der Waals surface area contributed by atoms with E-state index in [-0.39, 0.29) is 27.0 Å². The molecule has 0 atom stereocenters. The van der Waals surface area contributed by atoms with Crippen LogP contribution in [0.3, 0.4) is 0 Å². The molecule has 0 radical (unpaired) electrons. The summed E-state index contributed by atoms with van der Waals surface area (Å²) in [5.74, 6) is 1.77. The molecule has 1 amide bonds. The van der Waals surface area contributed by atoms with Crippen molar-refractivity contribution >= 4 is 27.5 Å². The molecule has 0 unspecified atom stereocenters. The van der Waals surface area contributed by atoms with Crippen LogP contribution in [0, 0.1) is 0 Å². The summed E-state index contributed by atoms with van der Waals surface area (Å²) in [6.07, 6.45) is 3.73. The van der Waals surface area contributed by atoms with Gasteiger partial charge in [0, 0.05) is 53.0 Å². The molecule has 0 saturated heterocycles. The van der Waals surface area contributed by atoms with Crippen molar-refractivity contribution in [3.63, 3.8) is 0 Å².